The van der Waals surface area contributed by atoms with E-state index >= 15 is 0 Å². The quantitative estimate of drug-likeness (QED) is 0.268. The smallest absolute Gasteiger partial charge is 0.356 e. The Morgan fingerprint density at radius 3 is 2.33 bits per heavy atom. The van der Waals surface area contributed by atoms with E-state index in [0.29, 0.717) is 16.9 Å². The Kier molecular flexibility index (Phi) is 9.01. The van der Waals surface area contributed by atoms with Gasteiger partial charge in [0.25, 0.3) is 0 Å². The summed E-state index contributed by atoms with van der Waals surface area (Å²) in [6, 6.07) is 1.54. The summed E-state index contributed by atoms with van der Waals surface area (Å²) in [4.78, 5) is 8.20. The molecule has 1 heterocycles. The Labute approximate surface area is 147 Å². The molecule has 0 atom stereocenters. The minimum absolute atomic E-state index is 0.130. The second kappa shape index (κ2) is 10.2. The largest absolute Gasteiger partial charge is 0.475 e. The molecule has 0 unspecified atom stereocenters. The number of aromatic nitrogens is 2. The van der Waals surface area contributed by atoms with E-state index in [1.165, 1.54) is 17.8 Å². The van der Waals surface area contributed by atoms with Gasteiger partial charge in [-0.1, -0.05) is 11.8 Å². The number of hydrogen-bond acceptors (Lipinski definition) is 9. The fourth-order valence-electron chi connectivity index (χ4n) is 1.70. The fraction of sp³-hybridized carbons (Fsp3) is 0.714. The molecule has 0 radical (unpaired) electrons. The third-order valence-electron chi connectivity index (χ3n) is 2.35. The van der Waals surface area contributed by atoms with Crippen LogP contribution < -0.4 is 10.5 Å². The van der Waals surface area contributed by atoms with Crippen molar-refractivity contribution in [3.8, 4) is 5.88 Å². The first-order valence-electron chi connectivity index (χ1n) is 7.59. The van der Waals surface area contributed by atoms with Crippen molar-refractivity contribution in [3.63, 3.8) is 0 Å². The maximum Gasteiger partial charge on any atom is 0.356 e. The zero-order chi connectivity index (χ0) is 18.2. The molecule has 1 rings (SSSR count). The first kappa shape index (κ1) is 21.2. The standard InChI is InChI=1S/C14H26N3O5PS/c1-10(2)21-23(18,22-11(3)4)9-19-6-7-20-13-8-12(15)16-14(17-13)24-5/h8,10-11H,6-7,9H2,1-5H3,(H2,15,16,17). The molecular formula is C14H26N3O5PS. The average molecular weight is 379 g/mol. The molecule has 1 aromatic heterocycles. The molecule has 1 aromatic rings. The predicted octanol–water partition coefficient (Wildman–Crippen LogP) is 3.18. The van der Waals surface area contributed by atoms with Crippen LogP contribution in [0.25, 0.3) is 0 Å². The van der Waals surface area contributed by atoms with Crippen molar-refractivity contribution < 1.29 is 23.1 Å². The molecule has 0 fully saturated rings. The second-order valence-electron chi connectivity index (χ2n) is 5.42. The number of anilines is 1. The lowest BCUT2D eigenvalue weighted by Crippen LogP contribution is -2.14. The third-order valence-corrected chi connectivity index (χ3v) is 4.89. The fourth-order valence-corrected chi connectivity index (χ4v) is 3.88. The molecule has 0 aromatic carbocycles. The molecular weight excluding hydrogens is 353 g/mol. The van der Waals surface area contributed by atoms with Crippen molar-refractivity contribution in [2.75, 3.05) is 31.6 Å². The summed E-state index contributed by atoms with van der Waals surface area (Å²) in [5.74, 6) is 0.709. The highest BCUT2D eigenvalue weighted by atomic mass is 32.2. The summed E-state index contributed by atoms with van der Waals surface area (Å²) in [5.41, 5.74) is 5.67. The maximum atomic E-state index is 12.5. The van der Waals surface area contributed by atoms with Gasteiger partial charge in [0, 0.05) is 6.07 Å². The molecule has 0 bridgehead atoms. The van der Waals surface area contributed by atoms with Gasteiger partial charge in [-0.2, -0.15) is 4.98 Å². The van der Waals surface area contributed by atoms with Crippen LogP contribution in [0.1, 0.15) is 27.7 Å². The van der Waals surface area contributed by atoms with Crippen LogP contribution in [0.4, 0.5) is 5.82 Å². The molecule has 0 saturated heterocycles. The summed E-state index contributed by atoms with van der Waals surface area (Å²) in [7, 11) is -3.29. The number of nitrogen functional groups attached to an aromatic ring is 1. The average Bonchev–Trinajstić information content (AvgIpc) is 2.44. The summed E-state index contributed by atoms with van der Waals surface area (Å²) in [5, 5.41) is 0.533. The van der Waals surface area contributed by atoms with Gasteiger partial charge in [0.05, 0.1) is 18.8 Å². The van der Waals surface area contributed by atoms with E-state index in [2.05, 4.69) is 9.97 Å². The summed E-state index contributed by atoms with van der Waals surface area (Å²) < 4.78 is 34.2. The molecule has 24 heavy (non-hydrogen) atoms. The number of hydrogen-bond donors (Lipinski definition) is 1. The zero-order valence-corrected chi connectivity index (χ0v) is 16.4. The molecule has 0 saturated carbocycles. The van der Waals surface area contributed by atoms with Gasteiger partial charge in [0.1, 0.15) is 18.8 Å². The van der Waals surface area contributed by atoms with Crippen molar-refractivity contribution in [1.29, 1.82) is 0 Å². The van der Waals surface area contributed by atoms with E-state index in [4.69, 9.17) is 24.3 Å². The molecule has 8 nitrogen and oxygen atoms in total. The SMILES string of the molecule is CSc1nc(N)cc(OCCOCP(=O)(OC(C)C)OC(C)C)n1. The monoisotopic (exact) mass is 379 g/mol. The van der Waals surface area contributed by atoms with Crippen LogP contribution in [-0.2, 0) is 18.3 Å². The van der Waals surface area contributed by atoms with Crippen LogP contribution in [0.5, 0.6) is 5.88 Å². The van der Waals surface area contributed by atoms with Crippen molar-refractivity contribution in [1.82, 2.24) is 9.97 Å². The van der Waals surface area contributed by atoms with Crippen LogP contribution in [0.2, 0.25) is 0 Å². The van der Waals surface area contributed by atoms with Crippen molar-refractivity contribution >= 4 is 25.2 Å². The minimum atomic E-state index is -3.29. The van der Waals surface area contributed by atoms with E-state index in [9.17, 15) is 4.57 Å². The Balaban J connectivity index is 2.43. The first-order chi connectivity index (χ1) is 11.2. The predicted molar refractivity (Wildman–Crippen MR) is 94.6 cm³/mol. The lowest BCUT2D eigenvalue weighted by molar-refractivity contribution is 0.0843. The summed E-state index contributed by atoms with van der Waals surface area (Å²) >= 11 is 1.37. The van der Waals surface area contributed by atoms with Gasteiger partial charge >= 0.3 is 7.60 Å². The Bertz CT molecular complexity index is 545. The van der Waals surface area contributed by atoms with Crippen molar-refractivity contribution in [3.05, 3.63) is 6.07 Å². The number of nitrogens with zero attached hydrogens (tertiary/aromatic N) is 2. The zero-order valence-electron chi connectivity index (χ0n) is 14.7. The first-order valence-corrected chi connectivity index (χ1v) is 10.5. The second-order valence-corrected chi connectivity index (χ2v) is 8.10. The van der Waals surface area contributed by atoms with E-state index in [-0.39, 0.29) is 31.8 Å². The summed E-state index contributed by atoms with van der Waals surface area (Å²) in [6.45, 7) is 7.62. The normalized spacial score (nSPS) is 12.1. The van der Waals surface area contributed by atoms with Crippen molar-refractivity contribution in [2.24, 2.45) is 0 Å². The van der Waals surface area contributed by atoms with E-state index in [0.717, 1.165) is 0 Å². The van der Waals surface area contributed by atoms with Gasteiger partial charge in [-0.15, -0.1) is 0 Å². The molecule has 138 valence electrons. The molecule has 2 N–H and O–H groups in total. The molecule has 0 aliphatic rings. The topological polar surface area (TPSA) is 106 Å². The molecule has 0 spiro atoms. The van der Waals surface area contributed by atoms with Gasteiger partial charge in [0.15, 0.2) is 5.16 Å². The number of nitrogens with two attached hydrogens (primary N) is 1. The highest BCUT2D eigenvalue weighted by Crippen LogP contribution is 2.50. The van der Waals surface area contributed by atoms with E-state index in [1.807, 2.05) is 6.26 Å². The molecule has 0 aliphatic carbocycles. The maximum absolute atomic E-state index is 12.5. The van der Waals surface area contributed by atoms with Crippen LogP contribution in [0.3, 0.4) is 0 Å². The van der Waals surface area contributed by atoms with Crippen LogP contribution in [0, 0.1) is 0 Å². The van der Waals surface area contributed by atoms with Crippen LogP contribution in [0.15, 0.2) is 11.2 Å². The molecule has 0 amide bonds. The van der Waals surface area contributed by atoms with Gasteiger partial charge in [-0.05, 0) is 34.0 Å². The Hall–Kier alpha value is -0.860. The lowest BCUT2D eigenvalue weighted by atomic mass is 10.5. The van der Waals surface area contributed by atoms with Crippen LogP contribution in [-0.4, -0.2) is 48.0 Å². The highest BCUT2D eigenvalue weighted by molar-refractivity contribution is 7.98. The van der Waals surface area contributed by atoms with Crippen molar-refractivity contribution in [2.45, 2.75) is 45.1 Å². The van der Waals surface area contributed by atoms with Gasteiger partial charge in [0.2, 0.25) is 5.88 Å². The lowest BCUT2D eigenvalue weighted by Gasteiger charge is -2.22. The number of ether oxygens (including phenoxy) is 2. The molecule has 0 aliphatic heterocycles. The number of rotatable bonds is 11. The van der Waals surface area contributed by atoms with Crippen LogP contribution >= 0.6 is 19.4 Å². The Morgan fingerprint density at radius 1 is 1.17 bits per heavy atom. The van der Waals surface area contributed by atoms with Gasteiger partial charge in [-0.3, -0.25) is 4.57 Å². The van der Waals surface area contributed by atoms with Gasteiger partial charge in [-0.25, -0.2) is 4.98 Å². The molecule has 10 heteroatoms. The van der Waals surface area contributed by atoms with E-state index in [1.54, 1.807) is 27.7 Å². The highest BCUT2D eigenvalue weighted by Gasteiger charge is 2.28. The van der Waals surface area contributed by atoms with E-state index < -0.39 is 7.60 Å². The Morgan fingerprint density at radius 2 is 1.79 bits per heavy atom. The minimum Gasteiger partial charge on any atom is -0.475 e. The number of thioether (sulfide) groups is 1. The summed E-state index contributed by atoms with van der Waals surface area (Å²) in [6.07, 6.45) is 1.28. The third kappa shape index (κ3) is 8.30. The van der Waals surface area contributed by atoms with Gasteiger partial charge < -0.3 is 24.3 Å².